The van der Waals surface area contributed by atoms with Crippen molar-refractivity contribution in [2.24, 2.45) is 17.8 Å². The van der Waals surface area contributed by atoms with Gasteiger partial charge in [-0.2, -0.15) is 0 Å². The summed E-state index contributed by atoms with van der Waals surface area (Å²) in [4.78, 5) is 0. The van der Waals surface area contributed by atoms with Crippen molar-refractivity contribution in [3.05, 3.63) is 5.73 Å². The standard InChI is InChI=1S/C10H16N/c11-10-4-7-1-8(5-10)3-9(2-7)6-10/h7-9,11H,1-6H2/q-1. The fourth-order valence-corrected chi connectivity index (χ4v) is 4.11. The first-order chi connectivity index (χ1) is 5.23. The molecule has 0 atom stereocenters. The lowest BCUT2D eigenvalue weighted by Gasteiger charge is -2.60. The van der Waals surface area contributed by atoms with Gasteiger partial charge in [0.1, 0.15) is 0 Å². The second-order valence-corrected chi connectivity index (χ2v) is 5.20. The van der Waals surface area contributed by atoms with E-state index >= 15 is 0 Å². The molecule has 4 saturated carbocycles. The van der Waals surface area contributed by atoms with Gasteiger partial charge in [-0.3, -0.25) is 0 Å². The van der Waals surface area contributed by atoms with E-state index in [4.69, 9.17) is 5.73 Å². The normalized spacial score (nSPS) is 60.3. The predicted molar refractivity (Wildman–Crippen MR) is 45.2 cm³/mol. The molecule has 0 aromatic carbocycles. The van der Waals surface area contributed by atoms with Gasteiger partial charge < -0.3 is 5.73 Å². The van der Waals surface area contributed by atoms with Gasteiger partial charge in [-0.15, -0.1) is 5.54 Å². The molecule has 1 nitrogen and oxygen atoms in total. The second-order valence-electron chi connectivity index (χ2n) is 5.20. The van der Waals surface area contributed by atoms with E-state index in [0.717, 1.165) is 17.8 Å². The second kappa shape index (κ2) is 1.82. The van der Waals surface area contributed by atoms with Crippen molar-refractivity contribution >= 4 is 0 Å². The van der Waals surface area contributed by atoms with Gasteiger partial charge in [-0.05, 0) is 37.0 Å². The smallest absolute Gasteiger partial charge is 0.0420 e. The topological polar surface area (TPSA) is 23.8 Å². The van der Waals surface area contributed by atoms with Gasteiger partial charge in [0.15, 0.2) is 0 Å². The van der Waals surface area contributed by atoms with E-state index < -0.39 is 0 Å². The molecule has 0 aromatic heterocycles. The summed E-state index contributed by atoms with van der Waals surface area (Å²) in [6.45, 7) is 0. The first kappa shape index (κ1) is 6.47. The SMILES string of the molecule is [NH-]C12CC3CC(CC(C3)C1)C2. The minimum atomic E-state index is 0.0503. The summed E-state index contributed by atoms with van der Waals surface area (Å²) < 4.78 is 0. The van der Waals surface area contributed by atoms with Crippen LogP contribution in [0.5, 0.6) is 0 Å². The van der Waals surface area contributed by atoms with Gasteiger partial charge in [0, 0.05) is 0 Å². The highest BCUT2D eigenvalue weighted by Gasteiger charge is 2.44. The molecular formula is C10H16N-. The van der Waals surface area contributed by atoms with E-state index in [1.165, 1.54) is 38.5 Å². The highest BCUT2D eigenvalue weighted by Crippen LogP contribution is 2.56. The Morgan fingerprint density at radius 2 is 1.18 bits per heavy atom. The number of hydrogen-bond donors (Lipinski definition) is 0. The maximum atomic E-state index is 8.21. The Balaban J connectivity index is 1.94. The van der Waals surface area contributed by atoms with Crippen molar-refractivity contribution in [1.29, 1.82) is 0 Å². The van der Waals surface area contributed by atoms with Crippen LogP contribution in [0.3, 0.4) is 0 Å². The molecule has 0 heterocycles. The zero-order chi connectivity index (χ0) is 7.47. The molecule has 4 rings (SSSR count). The van der Waals surface area contributed by atoms with Crippen LogP contribution in [-0.4, -0.2) is 5.54 Å². The summed E-state index contributed by atoms with van der Waals surface area (Å²) in [5, 5.41) is 0. The Morgan fingerprint density at radius 3 is 1.45 bits per heavy atom. The fraction of sp³-hybridized carbons (Fsp3) is 1.00. The van der Waals surface area contributed by atoms with Crippen LogP contribution in [0.2, 0.25) is 0 Å². The number of nitrogens with one attached hydrogen (secondary N) is 1. The van der Waals surface area contributed by atoms with Crippen molar-refractivity contribution in [3.63, 3.8) is 0 Å². The van der Waals surface area contributed by atoms with E-state index in [2.05, 4.69) is 0 Å². The summed E-state index contributed by atoms with van der Waals surface area (Å²) >= 11 is 0. The van der Waals surface area contributed by atoms with Crippen LogP contribution in [0.25, 0.3) is 5.73 Å². The van der Waals surface area contributed by atoms with Crippen LogP contribution >= 0.6 is 0 Å². The van der Waals surface area contributed by atoms with Crippen molar-refractivity contribution in [2.45, 2.75) is 44.1 Å². The van der Waals surface area contributed by atoms with Gasteiger partial charge in [0.2, 0.25) is 0 Å². The minimum absolute atomic E-state index is 0.0503. The molecule has 11 heavy (non-hydrogen) atoms. The zero-order valence-corrected chi connectivity index (χ0v) is 6.97. The first-order valence-corrected chi connectivity index (χ1v) is 4.98. The quantitative estimate of drug-likeness (QED) is 0.507. The summed E-state index contributed by atoms with van der Waals surface area (Å²) in [7, 11) is 0. The lowest BCUT2D eigenvalue weighted by atomic mass is 9.53. The van der Waals surface area contributed by atoms with E-state index in [-0.39, 0.29) is 5.54 Å². The molecule has 4 bridgehead atoms. The van der Waals surface area contributed by atoms with Gasteiger partial charge in [-0.25, -0.2) is 0 Å². The Kier molecular flexibility index (Phi) is 1.07. The van der Waals surface area contributed by atoms with Gasteiger partial charge >= 0.3 is 0 Å². The van der Waals surface area contributed by atoms with Crippen LogP contribution in [0.15, 0.2) is 0 Å². The fourth-order valence-electron chi connectivity index (χ4n) is 4.11. The zero-order valence-electron chi connectivity index (χ0n) is 6.97. The summed E-state index contributed by atoms with van der Waals surface area (Å²) in [5.41, 5.74) is 8.26. The molecule has 0 saturated heterocycles. The van der Waals surface area contributed by atoms with Crippen LogP contribution in [0, 0.1) is 17.8 Å². The Bertz CT molecular complexity index is 150. The molecule has 1 N–H and O–H groups in total. The van der Waals surface area contributed by atoms with Crippen LogP contribution < -0.4 is 0 Å². The van der Waals surface area contributed by atoms with Crippen molar-refractivity contribution in [1.82, 2.24) is 0 Å². The number of rotatable bonds is 0. The average Bonchev–Trinajstić information content (AvgIpc) is 1.79. The molecule has 0 radical (unpaired) electrons. The molecule has 62 valence electrons. The molecule has 1 heteroatoms. The van der Waals surface area contributed by atoms with Crippen molar-refractivity contribution in [2.75, 3.05) is 0 Å². The molecule has 0 unspecified atom stereocenters. The summed E-state index contributed by atoms with van der Waals surface area (Å²) in [6.07, 6.45) is 8.12. The monoisotopic (exact) mass is 150 g/mol. The third-order valence-corrected chi connectivity index (χ3v) is 4.04. The van der Waals surface area contributed by atoms with Crippen LogP contribution in [0.1, 0.15) is 38.5 Å². The van der Waals surface area contributed by atoms with Gasteiger partial charge in [-0.1, -0.05) is 19.3 Å². The minimum Gasteiger partial charge on any atom is -0.672 e. The maximum Gasteiger partial charge on any atom is -0.0420 e. The van der Waals surface area contributed by atoms with E-state index in [0.29, 0.717) is 0 Å². The lowest BCUT2D eigenvalue weighted by Crippen LogP contribution is -2.48. The third kappa shape index (κ3) is 0.868. The Hall–Kier alpha value is -0.0400. The van der Waals surface area contributed by atoms with E-state index in [9.17, 15) is 0 Å². The van der Waals surface area contributed by atoms with Crippen LogP contribution in [0.4, 0.5) is 0 Å². The third-order valence-electron chi connectivity index (χ3n) is 4.04. The van der Waals surface area contributed by atoms with E-state index in [1.807, 2.05) is 0 Å². The maximum absolute atomic E-state index is 8.21. The molecule has 0 aromatic rings. The largest absolute Gasteiger partial charge is 0.672 e. The molecule has 4 fully saturated rings. The molecule has 0 aliphatic heterocycles. The van der Waals surface area contributed by atoms with Crippen molar-refractivity contribution in [3.8, 4) is 0 Å². The molecule has 4 aliphatic carbocycles. The number of hydrogen-bond acceptors (Lipinski definition) is 0. The van der Waals surface area contributed by atoms with Gasteiger partial charge in [0.25, 0.3) is 0 Å². The Labute approximate surface area is 68.3 Å². The molecule has 4 aliphatic rings. The highest BCUT2D eigenvalue weighted by molar-refractivity contribution is 5.10. The van der Waals surface area contributed by atoms with E-state index in [1.54, 1.807) is 0 Å². The highest BCUT2D eigenvalue weighted by atomic mass is 14.8. The van der Waals surface area contributed by atoms with Crippen LogP contribution in [-0.2, 0) is 0 Å². The van der Waals surface area contributed by atoms with Gasteiger partial charge in [0.05, 0.1) is 0 Å². The molecular weight excluding hydrogens is 134 g/mol. The first-order valence-electron chi connectivity index (χ1n) is 4.98. The molecule has 0 spiro atoms. The molecule has 0 amide bonds. The Morgan fingerprint density at radius 1 is 0.818 bits per heavy atom. The predicted octanol–water partition coefficient (Wildman–Crippen LogP) is 3.01. The average molecular weight is 150 g/mol. The summed E-state index contributed by atoms with van der Waals surface area (Å²) in [5.74, 6) is 2.87. The lowest BCUT2D eigenvalue weighted by molar-refractivity contribution is 0.0197. The summed E-state index contributed by atoms with van der Waals surface area (Å²) in [6, 6.07) is 0. The van der Waals surface area contributed by atoms with Crippen molar-refractivity contribution < 1.29 is 0 Å².